The van der Waals surface area contributed by atoms with Crippen molar-refractivity contribution < 1.29 is 13.2 Å². The van der Waals surface area contributed by atoms with Gasteiger partial charge in [-0.25, -0.2) is 8.42 Å². The Kier molecular flexibility index (Phi) is 4.96. The van der Waals surface area contributed by atoms with Gasteiger partial charge in [-0.2, -0.15) is 0 Å². The molecule has 0 bridgehead atoms. The topological polar surface area (TPSA) is 54.5 Å². The first-order chi connectivity index (χ1) is 12.0. The van der Waals surface area contributed by atoms with Crippen LogP contribution in [0.4, 0.5) is 0 Å². The maximum absolute atomic E-state index is 12.9. The number of hydrogen-bond acceptors (Lipinski definition) is 6. The fourth-order valence-electron chi connectivity index (χ4n) is 3.50. The minimum absolute atomic E-state index is 0.00964. The molecule has 0 aliphatic carbocycles. The largest absolute Gasteiger partial charge is 0.330 e. The Hall–Kier alpha value is -0.830. The molecule has 134 valence electrons. The van der Waals surface area contributed by atoms with E-state index in [1.807, 2.05) is 11.0 Å². The summed E-state index contributed by atoms with van der Waals surface area (Å²) < 4.78 is 23.2. The van der Waals surface area contributed by atoms with E-state index in [4.69, 9.17) is 0 Å². The number of carbonyl (C=O) groups is 1. The monoisotopic (exact) mass is 413 g/mol. The maximum atomic E-state index is 12.9. The summed E-state index contributed by atoms with van der Waals surface area (Å²) in [6.45, 7) is 0.735. The zero-order valence-electron chi connectivity index (χ0n) is 13.6. The Bertz CT molecular complexity index is 856. The molecule has 2 aliphatic heterocycles. The minimum atomic E-state index is -2.89. The Labute approximate surface area is 160 Å². The average molecular weight is 414 g/mol. The molecule has 0 saturated carbocycles. The number of carbonyl (C=O) groups excluding carboxylic acids is 1. The highest BCUT2D eigenvalue weighted by Gasteiger charge is 2.34. The molecule has 0 spiro atoms. The van der Waals surface area contributed by atoms with Gasteiger partial charge in [0, 0.05) is 21.5 Å². The van der Waals surface area contributed by atoms with Crippen LogP contribution in [0, 0.1) is 0 Å². The van der Waals surface area contributed by atoms with E-state index >= 15 is 0 Å². The number of fused-ring (bicyclic) bond motifs is 1. The van der Waals surface area contributed by atoms with Crippen LogP contribution in [0.15, 0.2) is 29.0 Å². The van der Waals surface area contributed by atoms with Crippen molar-refractivity contribution in [3.8, 4) is 0 Å². The Morgan fingerprint density at radius 1 is 1.28 bits per heavy atom. The van der Waals surface area contributed by atoms with Crippen LogP contribution in [0.1, 0.15) is 27.8 Å². The van der Waals surface area contributed by atoms with Gasteiger partial charge >= 0.3 is 0 Å². The van der Waals surface area contributed by atoms with Crippen LogP contribution in [0.25, 0.3) is 0 Å². The zero-order valence-corrected chi connectivity index (χ0v) is 16.9. The smallest absolute Gasteiger partial charge is 0.233 e. The summed E-state index contributed by atoms with van der Waals surface area (Å²) in [5, 5.41) is 4.23. The standard InChI is InChI=1S/C17H19NO3S4/c19-16(10-24-12-5-9-25(20,21)11-12)18-6-3-14-13(4-8-23-14)17(18)15-2-1-7-22-15/h1-2,4,7-8,12,17H,3,5-6,9-11H2/t12-,17+/m1/s1. The first-order valence-corrected chi connectivity index (χ1v) is 12.9. The molecule has 1 amide bonds. The van der Waals surface area contributed by atoms with Crippen molar-refractivity contribution in [2.45, 2.75) is 24.1 Å². The second kappa shape index (κ2) is 7.06. The van der Waals surface area contributed by atoms with Crippen molar-refractivity contribution in [2.24, 2.45) is 0 Å². The summed E-state index contributed by atoms with van der Waals surface area (Å²) in [5.41, 5.74) is 1.25. The predicted octanol–water partition coefficient (Wildman–Crippen LogP) is 3.20. The normalized spacial score (nSPS) is 25.0. The molecule has 4 heterocycles. The molecule has 0 N–H and O–H groups in total. The van der Waals surface area contributed by atoms with Crippen LogP contribution in [-0.4, -0.2) is 48.3 Å². The molecule has 0 radical (unpaired) electrons. The summed E-state index contributed by atoms with van der Waals surface area (Å²) in [7, 11) is -2.89. The molecular weight excluding hydrogens is 394 g/mol. The van der Waals surface area contributed by atoms with E-state index in [0.717, 1.165) is 13.0 Å². The molecule has 0 aromatic carbocycles. The lowest BCUT2D eigenvalue weighted by molar-refractivity contribution is -0.130. The zero-order chi connectivity index (χ0) is 17.4. The van der Waals surface area contributed by atoms with Crippen LogP contribution in [0.5, 0.6) is 0 Å². The van der Waals surface area contributed by atoms with Crippen LogP contribution in [0.2, 0.25) is 0 Å². The summed E-state index contributed by atoms with van der Waals surface area (Å²) in [5.74, 6) is 0.957. The second-order valence-electron chi connectivity index (χ2n) is 6.39. The lowest BCUT2D eigenvalue weighted by Gasteiger charge is -2.35. The molecular formula is C17H19NO3S4. The van der Waals surface area contributed by atoms with Gasteiger partial charge < -0.3 is 4.90 Å². The molecule has 2 atom stereocenters. The highest BCUT2D eigenvalue weighted by molar-refractivity contribution is 8.02. The van der Waals surface area contributed by atoms with E-state index in [-0.39, 0.29) is 28.7 Å². The molecule has 2 aromatic heterocycles. The number of hydrogen-bond donors (Lipinski definition) is 0. The Balaban J connectivity index is 1.49. The van der Waals surface area contributed by atoms with Crippen LogP contribution < -0.4 is 0 Å². The third-order valence-electron chi connectivity index (χ3n) is 4.73. The van der Waals surface area contributed by atoms with Crippen molar-refractivity contribution >= 4 is 50.2 Å². The third-order valence-corrected chi connectivity index (χ3v) is 9.92. The molecule has 2 aliphatic rings. The van der Waals surface area contributed by atoms with E-state index < -0.39 is 9.84 Å². The van der Waals surface area contributed by atoms with Crippen molar-refractivity contribution in [3.63, 3.8) is 0 Å². The minimum Gasteiger partial charge on any atom is -0.330 e. The lowest BCUT2D eigenvalue weighted by atomic mass is 9.98. The van der Waals surface area contributed by atoms with Gasteiger partial charge in [0.25, 0.3) is 0 Å². The van der Waals surface area contributed by atoms with E-state index in [0.29, 0.717) is 12.2 Å². The van der Waals surface area contributed by atoms with Gasteiger partial charge in [0.2, 0.25) is 5.91 Å². The summed E-state index contributed by atoms with van der Waals surface area (Å²) in [6.07, 6.45) is 1.58. The van der Waals surface area contributed by atoms with Gasteiger partial charge in [-0.05, 0) is 41.3 Å². The number of amides is 1. The predicted molar refractivity (Wildman–Crippen MR) is 105 cm³/mol. The molecule has 25 heavy (non-hydrogen) atoms. The molecule has 2 aromatic rings. The number of nitrogens with zero attached hydrogens (tertiary/aromatic N) is 1. The van der Waals surface area contributed by atoms with Crippen LogP contribution in [-0.2, 0) is 21.1 Å². The highest BCUT2D eigenvalue weighted by atomic mass is 32.2. The third kappa shape index (κ3) is 3.67. The molecule has 1 saturated heterocycles. The fourth-order valence-corrected chi connectivity index (χ4v) is 8.79. The average Bonchev–Trinajstić information content (AvgIpc) is 3.32. The lowest BCUT2D eigenvalue weighted by Crippen LogP contribution is -2.41. The fraction of sp³-hybridized carbons (Fsp3) is 0.471. The van der Waals surface area contributed by atoms with E-state index in [1.165, 1.54) is 27.1 Å². The van der Waals surface area contributed by atoms with Crippen molar-refractivity contribution in [1.82, 2.24) is 4.90 Å². The quantitative estimate of drug-likeness (QED) is 0.772. The second-order valence-corrected chi connectivity index (χ2v) is 11.9. The Morgan fingerprint density at radius 3 is 2.88 bits per heavy atom. The van der Waals surface area contributed by atoms with Crippen molar-refractivity contribution in [1.29, 1.82) is 0 Å². The number of thiophene rings is 2. The van der Waals surface area contributed by atoms with Gasteiger partial charge in [0.05, 0.1) is 23.3 Å². The SMILES string of the molecule is O=C(CS[C@@H]1CCS(=O)(=O)C1)N1CCc2sccc2[C@H]1c1cccs1. The molecule has 8 heteroatoms. The first-order valence-electron chi connectivity index (χ1n) is 8.25. The molecule has 0 unspecified atom stereocenters. The van der Waals surface area contributed by atoms with Gasteiger partial charge in [0.15, 0.2) is 9.84 Å². The van der Waals surface area contributed by atoms with Crippen molar-refractivity contribution in [2.75, 3.05) is 23.8 Å². The highest BCUT2D eigenvalue weighted by Crippen LogP contribution is 2.40. The van der Waals surface area contributed by atoms with Gasteiger partial charge in [0.1, 0.15) is 0 Å². The number of sulfone groups is 1. The van der Waals surface area contributed by atoms with Gasteiger partial charge in [-0.3, -0.25) is 4.79 Å². The van der Waals surface area contributed by atoms with Crippen molar-refractivity contribution in [3.05, 3.63) is 44.3 Å². The van der Waals surface area contributed by atoms with Gasteiger partial charge in [-0.1, -0.05) is 6.07 Å². The van der Waals surface area contributed by atoms with Crippen LogP contribution in [0.3, 0.4) is 0 Å². The number of thioether (sulfide) groups is 1. The summed E-state index contributed by atoms with van der Waals surface area (Å²) in [6, 6.07) is 6.27. The summed E-state index contributed by atoms with van der Waals surface area (Å²) in [4.78, 5) is 17.5. The first kappa shape index (κ1) is 17.6. The van der Waals surface area contributed by atoms with E-state index in [9.17, 15) is 13.2 Å². The van der Waals surface area contributed by atoms with E-state index in [2.05, 4.69) is 22.9 Å². The van der Waals surface area contributed by atoms with E-state index in [1.54, 1.807) is 22.7 Å². The molecule has 4 rings (SSSR count). The molecule has 4 nitrogen and oxygen atoms in total. The van der Waals surface area contributed by atoms with Gasteiger partial charge in [-0.15, -0.1) is 34.4 Å². The maximum Gasteiger partial charge on any atom is 0.233 e. The molecule has 1 fully saturated rings. The summed E-state index contributed by atoms with van der Waals surface area (Å²) >= 11 is 4.96. The Morgan fingerprint density at radius 2 is 2.16 bits per heavy atom. The van der Waals surface area contributed by atoms with Crippen LogP contribution >= 0.6 is 34.4 Å². The number of rotatable bonds is 4.